The Labute approximate surface area is 117 Å². The summed E-state index contributed by atoms with van der Waals surface area (Å²) >= 11 is 0. The zero-order chi connectivity index (χ0) is 16.1. The molecule has 2 atom stereocenters. The van der Waals surface area contributed by atoms with Crippen molar-refractivity contribution < 1.29 is 33.5 Å². The molecule has 20 heavy (non-hydrogen) atoms. The van der Waals surface area contributed by atoms with Crippen LogP contribution in [-0.4, -0.2) is 43.5 Å². The van der Waals surface area contributed by atoms with E-state index in [2.05, 4.69) is 5.32 Å². The van der Waals surface area contributed by atoms with Gasteiger partial charge in [-0.25, -0.2) is 0 Å². The first-order chi connectivity index (χ1) is 8.83. The molecule has 11 heteroatoms. The van der Waals surface area contributed by atoms with Crippen LogP contribution in [0.2, 0.25) is 0 Å². The normalized spacial score (nSPS) is 16.0. The highest BCUT2D eigenvalue weighted by atomic mass is 31.2. The Balaban J connectivity index is 4.71. The first-order valence-electron chi connectivity index (χ1n) is 5.98. The molecule has 0 bridgehead atoms. The molecule has 1 amide bonds. The van der Waals surface area contributed by atoms with Crippen LogP contribution >= 0.6 is 15.2 Å². The minimum absolute atomic E-state index is 0.124. The third kappa shape index (κ3) is 8.81. The monoisotopic (exact) mass is 332 g/mol. The van der Waals surface area contributed by atoms with Crippen molar-refractivity contribution in [3.05, 3.63) is 0 Å². The molecule has 0 spiro atoms. The predicted octanol–water partition coefficient (Wildman–Crippen LogP) is -0.452. The van der Waals surface area contributed by atoms with Crippen LogP contribution in [0.25, 0.3) is 0 Å². The molecule has 9 nitrogen and oxygen atoms in total. The fourth-order valence-corrected chi connectivity index (χ4v) is 3.06. The molecule has 0 aromatic rings. The van der Waals surface area contributed by atoms with Crippen molar-refractivity contribution in [1.82, 2.24) is 5.32 Å². The second-order valence-electron chi connectivity index (χ2n) is 5.03. The van der Waals surface area contributed by atoms with Gasteiger partial charge in [-0.05, 0) is 18.8 Å². The molecule has 0 aliphatic heterocycles. The van der Waals surface area contributed by atoms with Gasteiger partial charge in [0.15, 0.2) is 0 Å². The average molecular weight is 332 g/mol. The van der Waals surface area contributed by atoms with Crippen molar-refractivity contribution in [2.75, 3.05) is 6.16 Å². The maximum Gasteiger partial charge on any atom is 0.347 e. The Morgan fingerprint density at radius 3 is 2.05 bits per heavy atom. The van der Waals surface area contributed by atoms with Gasteiger partial charge in [0.2, 0.25) is 5.91 Å². The summed E-state index contributed by atoms with van der Waals surface area (Å²) in [5, 5.41) is 2.06. The summed E-state index contributed by atoms with van der Waals surface area (Å²) in [6.45, 7) is 3.67. The lowest BCUT2D eigenvalue weighted by Crippen LogP contribution is -2.46. The van der Waals surface area contributed by atoms with E-state index in [1.165, 1.54) is 0 Å². The van der Waals surface area contributed by atoms with E-state index in [0.717, 1.165) is 0 Å². The van der Waals surface area contributed by atoms with Crippen LogP contribution in [0.4, 0.5) is 0 Å². The molecule has 0 fully saturated rings. The van der Waals surface area contributed by atoms with Gasteiger partial charge in [-0.1, -0.05) is 13.8 Å². The summed E-state index contributed by atoms with van der Waals surface area (Å²) in [7, 11) is -9.13. The van der Waals surface area contributed by atoms with Gasteiger partial charge >= 0.3 is 15.2 Å². The van der Waals surface area contributed by atoms with Crippen molar-refractivity contribution >= 4 is 21.1 Å². The lowest BCUT2D eigenvalue weighted by Gasteiger charge is -2.22. The maximum absolute atomic E-state index is 11.7. The molecule has 0 saturated heterocycles. The lowest BCUT2D eigenvalue weighted by molar-refractivity contribution is -0.123. The number of amides is 1. The smallest absolute Gasteiger partial charge is 0.341 e. The standard InChI is InChI=1S/C9H22N2O7P2/c1-6(2)5-7(10)9(12)11-8(20(16,17)18)3-4-19(13,14)15/h6-8H,3-5,10H2,1-2H3,(H,11,12)(H2,13,14,15)(H2,16,17,18)/t7-,8?/m0/s1. The third-order valence-electron chi connectivity index (χ3n) is 2.47. The Bertz CT molecular complexity index is 417. The molecule has 0 rings (SSSR count). The first-order valence-corrected chi connectivity index (χ1v) is 9.46. The topological polar surface area (TPSA) is 170 Å². The van der Waals surface area contributed by atoms with Gasteiger partial charge < -0.3 is 30.6 Å². The van der Waals surface area contributed by atoms with E-state index in [1.807, 2.05) is 13.8 Å². The predicted molar refractivity (Wildman–Crippen MR) is 72.9 cm³/mol. The van der Waals surface area contributed by atoms with Gasteiger partial charge in [-0.3, -0.25) is 13.9 Å². The van der Waals surface area contributed by atoms with E-state index >= 15 is 0 Å². The van der Waals surface area contributed by atoms with Crippen LogP contribution in [0.3, 0.4) is 0 Å². The molecule has 0 radical (unpaired) electrons. The second-order valence-corrected chi connectivity index (χ2v) is 8.60. The number of carbonyl (C=O) groups excluding carboxylic acids is 1. The summed E-state index contributed by atoms with van der Waals surface area (Å²) in [6.07, 6.45) is -0.935. The van der Waals surface area contributed by atoms with Crippen LogP contribution in [0.1, 0.15) is 26.7 Å². The lowest BCUT2D eigenvalue weighted by atomic mass is 10.0. The van der Waals surface area contributed by atoms with Crippen LogP contribution in [0.5, 0.6) is 0 Å². The minimum Gasteiger partial charge on any atom is -0.341 e. The molecule has 0 heterocycles. The zero-order valence-corrected chi connectivity index (χ0v) is 13.1. The minimum atomic E-state index is -4.72. The van der Waals surface area contributed by atoms with Crippen molar-refractivity contribution in [3.8, 4) is 0 Å². The largest absolute Gasteiger partial charge is 0.347 e. The van der Waals surface area contributed by atoms with Crippen LogP contribution in [0, 0.1) is 5.92 Å². The number of nitrogens with one attached hydrogen (secondary N) is 1. The molecule has 0 aromatic carbocycles. The molecule has 7 N–H and O–H groups in total. The molecule has 0 aromatic heterocycles. The van der Waals surface area contributed by atoms with Crippen molar-refractivity contribution in [1.29, 1.82) is 0 Å². The molecular weight excluding hydrogens is 310 g/mol. The Hall–Kier alpha value is -0.270. The highest BCUT2D eigenvalue weighted by molar-refractivity contribution is 7.53. The van der Waals surface area contributed by atoms with E-state index in [9.17, 15) is 13.9 Å². The Morgan fingerprint density at radius 1 is 1.20 bits per heavy atom. The van der Waals surface area contributed by atoms with Crippen LogP contribution in [-0.2, 0) is 13.9 Å². The fourth-order valence-electron chi connectivity index (χ4n) is 1.50. The van der Waals surface area contributed by atoms with E-state index in [1.54, 1.807) is 0 Å². The summed E-state index contributed by atoms with van der Waals surface area (Å²) in [5.41, 5.74) is 5.57. The van der Waals surface area contributed by atoms with Gasteiger partial charge in [0.1, 0.15) is 5.78 Å². The molecule has 120 valence electrons. The van der Waals surface area contributed by atoms with E-state index in [0.29, 0.717) is 6.42 Å². The summed E-state index contributed by atoms with van der Waals surface area (Å²) < 4.78 is 21.9. The van der Waals surface area contributed by atoms with Gasteiger partial charge in [0.25, 0.3) is 0 Å². The van der Waals surface area contributed by atoms with Gasteiger partial charge in [0.05, 0.1) is 12.2 Å². The number of rotatable bonds is 8. The van der Waals surface area contributed by atoms with Gasteiger partial charge in [-0.2, -0.15) is 0 Å². The molecular formula is C9H22N2O7P2. The van der Waals surface area contributed by atoms with Crippen molar-refractivity contribution in [2.24, 2.45) is 11.7 Å². The average Bonchev–Trinajstić information content (AvgIpc) is 2.19. The Morgan fingerprint density at radius 2 is 1.70 bits per heavy atom. The van der Waals surface area contributed by atoms with E-state index in [-0.39, 0.29) is 5.92 Å². The summed E-state index contributed by atoms with van der Waals surface area (Å²) in [5.74, 6) is -2.28. The van der Waals surface area contributed by atoms with Crippen molar-refractivity contribution in [3.63, 3.8) is 0 Å². The third-order valence-corrected chi connectivity index (χ3v) is 4.51. The summed E-state index contributed by atoms with van der Waals surface area (Å²) in [4.78, 5) is 47.3. The second kappa shape index (κ2) is 7.66. The maximum atomic E-state index is 11.7. The zero-order valence-electron chi connectivity index (χ0n) is 11.3. The Kier molecular flexibility index (Phi) is 7.55. The number of hydrogen-bond acceptors (Lipinski definition) is 4. The highest BCUT2D eigenvalue weighted by Gasteiger charge is 2.33. The molecule has 0 aliphatic carbocycles. The van der Waals surface area contributed by atoms with Gasteiger partial charge in [-0.15, -0.1) is 0 Å². The van der Waals surface area contributed by atoms with Crippen LogP contribution in [0.15, 0.2) is 0 Å². The quantitative estimate of drug-likeness (QED) is 0.324. The van der Waals surface area contributed by atoms with E-state index in [4.69, 9.17) is 25.3 Å². The molecule has 0 saturated carbocycles. The van der Waals surface area contributed by atoms with E-state index < -0.39 is 45.5 Å². The van der Waals surface area contributed by atoms with Gasteiger partial charge in [0, 0.05) is 0 Å². The van der Waals surface area contributed by atoms with Crippen molar-refractivity contribution in [2.45, 2.75) is 38.5 Å². The molecule has 0 aliphatic rings. The SMILES string of the molecule is CC(C)C[C@H](N)C(=O)NC(CCP(=O)(O)O)P(=O)(O)O. The molecule has 1 unspecified atom stereocenters. The van der Waals surface area contributed by atoms with Crippen LogP contribution < -0.4 is 11.1 Å². The number of hydrogen-bond donors (Lipinski definition) is 6. The number of carbonyl (C=O) groups is 1. The summed E-state index contributed by atoms with van der Waals surface area (Å²) in [6, 6.07) is -0.931. The first kappa shape index (κ1) is 19.7. The fraction of sp³-hybridized carbons (Fsp3) is 0.889. The highest BCUT2D eigenvalue weighted by Crippen LogP contribution is 2.45. The number of nitrogens with two attached hydrogens (primary N) is 1.